The summed E-state index contributed by atoms with van der Waals surface area (Å²) in [5.74, 6) is -0.123. The second-order valence-electron chi connectivity index (χ2n) is 5.30. The minimum absolute atomic E-state index is 0.123. The lowest BCUT2D eigenvalue weighted by molar-refractivity contribution is 0.0896. The summed E-state index contributed by atoms with van der Waals surface area (Å²) in [6, 6.07) is 18.9. The molecule has 0 saturated carbocycles. The molecule has 1 unspecified atom stereocenters. The van der Waals surface area contributed by atoms with Gasteiger partial charge in [0.25, 0.3) is 5.91 Å². The number of nitrogens with one attached hydrogen (secondary N) is 1. The molecule has 0 fully saturated rings. The molecule has 3 aromatic rings. The Hall–Kier alpha value is -2.72. The van der Waals surface area contributed by atoms with Crippen LogP contribution >= 0.6 is 0 Å². The first-order valence-corrected chi connectivity index (χ1v) is 7.47. The summed E-state index contributed by atoms with van der Waals surface area (Å²) in [5, 5.41) is 3.98. The van der Waals surface area contributed by atoms with Gasteiger partial charge in [-0.3, -0.25) is 9.78 Å². The Morgan fingerprint density at radius 2 is 1.96 bits per heavy atom. The van der Waals surface area contributed by atoms with Crippen molar-refractivity contribution >= 4 is 16.8 Å². The summed E-state index contributed by atoms with van der Waals surface area (Å²) in [5.41, 5.74) is 2.51. The van der Waals surface area contributed by atoms with Crippen molar-refractivity contribution in [2.75, 3.05) is 13.7 Å². The van der Waals surface area contributed by atoms with Crippen molar-refractivity contribution in [1.82, 2.24) is 10.3 Å². The third kappa shape index (κ3) is 3.55. The molecule has 1 amide bonds. The molecule has 4 heteroatoms. The van der Waals surface area contributed by atoms with E-state index in [4.69, 9.17) is 4.74 Å². The first-order chi connectivity index (χ1) is 11.3. The lowest BCUT2D eigenvalue weighted by Crippen LogP contribution is -2.31. The number of amides is 1. The van der Waals surface area contributed by atoms with E-state index in [2.05, 4.69) is 10.3 Å². The van der Waals surface area contributed by atoms with Crippen LogP contribution in [0.4, 0.5) is 0 Å². The Bertz CT molecular complexity index is 803. The van der Waals surface area contributed by atoms with Crippen LogP contribution in [0, 0.1) is 0 Å². The zero-order valence-electron chi connectivity index (χ0n) is 12.9. The van der Waals surface area contributed by atoms with E-state index in [9.17, 15) is 4.79 Å². The SMILES string of the molecule is COCC(NC(=O)c1ccc2ncccc2c1)c1ccccc1. The van der Waals surface area contributed by atoms with Crippen LogP contribution in [0.15, 0.2) is 66.9 Å². The van der Waals surface area contributed by atoms with Gasteiger partial charge in [0.05, 0.1) is 18.2 Å². The number of aromatic nitrogens is 1. The number of hydrogen-bond donors (Lipinski definition) is 1. The fourth-order valence-electron chi connectivity index (χ4n) is 2.53. The van der Waals surface area contributed by atoms with Gasteiger partial charge in [-0.25, -0.2) is 0 Å². The Morgan fingerprint density at radius 3 is 2.74 bits per heavy atom. The molecule has 0 radical (unpaired) electrons. The number of benzene rings is 2. The van der Waals surface area contributed by atoms with E-state index in [1.807, 2.05) is 54.6 Å². The molecule has 4 nitrogen and oxygen atoms in total. The van der Waals surface area contributed by atoms with Crippen molar-refractivity contribution in [2.24, 2.45) is 0 Å². The zero-order chi connectivity index (χ0) is 16.1. The van der Waals surface area contributed by atoms with Crippen LogP contribution in [0.3, 0.4) is 0 Å². The minimum atomic E-state index is -0.182. The first-order valence-electron chi connectivity index (χ1n) is 7.47. The van der Waals surface area contributed by atoms with Crippen LogP contribution in [0.2, 0.25) is 0 Å². The van der Waals surface area contributed by atoms with E-state index >= 15 is 0 Å². The highest BCUT2D eigenvalue weighted by Crippen LogP contribution is 2.16. The van der Waals surface area contributed by atoms with Crippen molar-refractivity contribution in [2.45, 2.75) is 6.04 Å². The maximum Gasteiger partial charge on any atom is 0.251 e. The zero-order valence-corrected chi connectivity index (χ0v) is 12.9. The highest BCUT2D eigenvalue weighted by Gasteiger charge is 2.15. The van der Waals surface area contributed by atoms with Crippen LogP contribution in [0.5, 0.6) is 0 Å². The minimum Gasteiger partial charge on any atom is -0.382 e. The van der Waals surface area contributed by atoms with Crippen molar-refractivity contribution in [1.29, 1.82) is 0 Å². The Balaban J connectivity index is 1.82. The third-order valence-corrected chi connectivity index (χ3v) is 3.71. The van der Waals surface area contributed by atoms with Gasteiger partial charge in [-0.05, 0) is 29.8 Å². The molecule has 0 bridgehead atoms. The van der Waals surface area contributed by atoms with Gasteiger partial charge >= 0.3 is 0 Å². The molecule has 1 N–H and O–H groups in total. The average Bonchev–Trinajstić information content (AvgIpc) is 2.61. The monoisotopic (exact) mass is 306 g/mol. The van der Waals surface area contributed by atoms with Gasteiger partial charge in [0.1, 0.15) is 0 Å². The number of hydrogen-bond acceptors (Lipinski definition) is 3. The van der Waals surface area contributed by atoms with E-state index in [1.54, 1.807) is 19.4 Å². The highest BCUT2D eigenvalue weighted by atomic mass is 16.5. The molecule has 1 atom stereocenters. The van der Waals surface area contributed by atoms with Gasteiger partial charge in [-0.2, -0.15) is 0 Å². The quantitative estimate of drug-likeness (QED) is 0.786. The van der Waals surface area contributed by atoms with Gasteiger partial charge in [0, 0.05) is 24.3 Å². The molecule has 2 aromatic carbocycles. The van der Waals surface area contributed by atoms with Crippen molar-refractivity contribution < 1.29 is 9.53 Å². The van der Waals surface area contributed by atoms with E-state index in [1.165, 1.54) is 0 Å². The number of carbonyl (C=O) groups is 1. The third-order valence-electron chi connectivity index (χ3n) is 3.71. The molecule has 0 spiro atoms. The summed E-state index contributed by atoms with van der Waals surface area (Å²) in [7, 11) is 1.63. The molecule has 1 heterocycles. The standard InChI is InChI=1S/C19H18N2O2/c1-23-13-18(14-6-3-2-4-7-14)21-19(22)16-9-10-17-15(12-16)8-5-11-20-17/h2-12,18H,13H2,1H3,(H,21,22). The lowest BCUT2D eigenvalue weighted by Gasteiger charge is -2.18. The van der Waals surface area contributed by atoms with Gasteiger partial charge in [0.2, 0.25) is 0 Å². The Kier molecular flexibility index (Phi) is 4.64. The number of methoxy groups -OCH3 is 1. The van der Waals surface area contributed by atoms with Gasteiger partial charge in [0.15, 0.2) is 0 Å². The van der Waals surface area contributed by atoms with Crippen molar-refractivity contribution in [3.8, 4) is 0 Å². The predicted molar refractivity (Wildman–Crippen MR) is 90.3 cm³/mol. The maximum absolute atomic E-state index is 12.6. The van der Waals surface area contributed by atoms with E-state index in [-0.39, 0.29) is 11.9 Å². The number of nitrogens with zero attached hydrogens (tertiary/aromatic N) is 1. The highest BCUT2D eigenvalue weighted by molar-refractivity contribution is 5.98. The van der Waals surface area contributed by atoms with Crippen molar-refractivity contribution in [3.63, 3.8) is 0 Å². The largest absolute Gasteiger partial charge is 0.382 e. The number of carbonyl (C=O) groups excluding carboxylic acids is 1. The number of rotatable bonds is 5. The summed E-state index contributed by atoms with van der Waals surface area (Å²) in [6.45, 7) is 0.422. The first kappa shape index (κ1) is 15.2. The summed E-state index contributed by atoms with van der Waals surface area (Å²) >= 11 is 0. The number of ether oxygens (including phenoxy) is 1. The van der Waals surface area contributed by atoms with E-state index in [0.29, 0.717) is 12.2 Å². The maximum atomic E-state index is 12.6. The summed E-state index contributed by atoms with van der Waals surface area (Å²) < 4.78 is 5.24. The Labute approximate surface area is 135 Å². The molecule has 0 saturated heterocycles. The van der Waals surface area contributed by atoms with Crippen LogP contribution in [0.1, 0.15) is 22.0 Å². The average molecular weight is 306 g/mol. The van der Waals surface area contributed by atoms with Crippen LogP contribution in [-0.4, -0.2) is 24.6 Å². The van der Waals surface area contributed by atoms with Gasteiger partial charge in [-0.15, -0.1) is 0 Å². The molecule has 0 aliphatic heterocycles. The second-order valence-corrected chi connectivity index (χ2v) is 5.30. The fourth-order valence-corrected chi connectivity index (χ4v) is 2.53. The number of fused-ring (bicyclic) bond motifs is 1. The molecule has 0 aliphatic carbocycles. The molecule has 0 aliphatic rings. The van der Waals surface area contributed by atoms with Gasteiger partial charge in [-0.1, -0.05) is 36.4 Å². The van der Waals surface area contributed by atoms with Crippen LogP contribution in [-0.2, 0) is 4.74 Å². The number of pyridine rings is 1. The smallest absolute Gasteiger partial charge is 0.251 e. The van der Waals surface area contributed by atoms with Gasteiger partial charge < -0.3 is 10.1 Å². The Morgan fingerprint density at radius 1 is 1.13 bits per heavy atom. The van der Waals surface area contributed by atoms with E-state index in [0.717, 1.165) is 16.5 Å². The predicted octanol–water partition coefficient (Wildman–Crippen LogP) is 3.35. The topological polar surface area (TPSA) is 51.2 Å². The van der Waals surface area contributed by atoms with Crippen molar-refractivity contribution in [3.05, 3.63) is 78.0 Å². The van der Waals surface area contributed by atoms with Crippen LogP contribution in [0.25, 0.3) is 10.9 Å². The summed E-state index contributed by atoms with van der Waals surface area (Å²) in [4.78, 5) is 16.8. The fraction of sp³-hybridized carbons (Fsp3) is 0.158. The molecule has 116 valence electrons. The molecule has 1 aromatic heterocycles. The van der Waals surface area contributed by atoms with Crippen LogP contribution < -0.4 is 5.32 Å². The normalized spacial score (nSPS) is 12.0. The summed E-state index contributed by atoms with van der Waals surface area (Å²) in [6.07, 6.45) is 1.74. The lowest BCUT2D eigenvalue weighted by atomic mass is 10.1. The molecule has 23 heavy (non-hydrogen) atoms. The van der Waals surface area contributed by atoms with E-state index < -0.39 is 0 Å². The molecular formula is C19H18N2O2. The molecular weight excluding hydrogens is 288 g/mol. The second kappa shape index (κ2) is 7.03. The molecule has 3 rings (SSSR count).